The zero-order valence-corrected chi connectivity index (χ0v) is 12.3. The van der Waals surface area contributed by atoms with Gasteiger partial charge in [-0.15, -0.1) is 0 Å². The maximum atomic E-state index is 9.12. The minimum absolute atomic E-state index is 0.526. The second-order valence-electron chi connectivity index (χ2n) is 5.42. The van der Waals surface area contributed by atoms with Crippen molar-refractivity contribution in [2.75, 3.05) is 6.61 Å². The van der Waals surface area contributed by atoms with Gasteiger partial charge in [-0.1, -0.05) is 0 Å². The standard InChI is InChI=1S/C6H12O6.C6H12O5/c7-1-2-3(8)4(9)5(10)6(11)12-2;1-2-3(7)4(8)5(9)6(10)11-2/h2-11H,1H2;2-10H,1H3. The van der Waals surface area contributed by atoms with Crippen LogP contribution in [0.2, 0.25) is 0 Å². The molecule has 0 aromatic rings. The second kappa shape index (κ2) is 8.60. The van der Waals surface area contributed by atoms with Gasteiger partial charge in [0.1, 0.15) is 42.7 Å². The van der Waals surface area contributed by atoms with E-state index in [1.165, 1.54) is 6.92 Å². The summed E-state index contributed by atoms with van der Waals surface area (Å²) in [5, 5.41) is 80.6. The predicted molar refractivity (Wildman–Crippen MR) is 70.6 cm³/mol. The first kappa shape index (κ1) is 20.6. The van der Waals surface area contributed by atoms with Crippen LogP contribution in [0.3, 0.4) is 0 Å². The first-order valence-corrected chi connectivity index (χ1v) is 6.98. The monoisotopic (exact) mass is 344 g/mol. The van der Waals surface area contributed by atoms with Gasteiger partial charge in [0.25, 0.3) is 0 Å². The average molecular weight is 344 g/mol. The molecule has 0 aromatic heterocycles. The van der Waals surface area contributed by atoms with Crippen LogP contribution in [0.5, 0.6) is 0 Å². The largest absolute Gasteiger partial charge is 0.394 e. The Morgan fingerprint density at radius 3 is 1.52 bits per heavy atom. The highest BCUT2D eigenvalue weighted by molar-refractivity contribution is 4.88. The van der Waals surface area contributed by atoms with Crippen LogP contribution >= 0.6 is 0 Å². The number of ether oxygens (including phenoxy) is 2. The molecule has 0 aliphatic carbocycles. The Morgan fingerprint density at radius 1 is 0.609 bits per heavy atom. The Bertz CT molecular complexity index is 337. The summed E-state index contributed by atoms with van der Waals surface area (Å²) in [6, 6.07) is 0. The lowest BCUT2D eigenvalue weighted by Gasteiger charge is -2.37. The third kappa shape index (κ3) is 4.78. The van der Waals surface area contributed by atoms with Gasteiger partial charge in [-0.3, -0.25) is 0 Å². The maximum Gasteiger partial charge on any atom is 0.184 e. The van der Waals surface area contributed by atoms with Crippen molar-refractivity contribution in [2.24, 2.45) is 0 Å². The summed E-state index contributed by atoms with van der Waals surface area (Å²) in [4.78, 5) is 0. The van der Waals surface area contributed by atoms with Gasteiger partial charge in [0, 0.05) is 0 Å². The molecule has 2 aliphatic rings. The minimum Gasteiger partial charge on any atom is -0.394 e. The van der Waals surface area contributed by atoms with E-state index >= 15 is 0 Å². The number of rotatable bonds is 1. The van der Waals surface area contributed by atoms with Crippen molar-refractivity contribution in [2.45, 2.75) is 68.3 Å². The number of hydrogen-bond donors (Lipinski definition) is 9. The van der Waals surface area contributed by atoms with E-state index in [0.717, 1.165) is 0 Å². The van der Waals surface area contributed by atoms with Crippen molar-refractivity contribution in [1.82, 2.24) is 0 Å². The van der Waals surface area contributed by atoms with Crippen molar-refractivity contribution in [3.63, 3.8) is 0 Å². The molecule has 0 spiro atoms. The summed E-state index contributed by atoms with van der Waals surface area (Å²) in [5.41, 5.74) is 0. The van der Waals surface area contributed by atoms with Crippen LogP contribution in [-0.2, 0) is 9.47 Å². The van der Waals surface area contributed by atoms with Crippen molar-refractivity contribution < 1.29 is 55.4 Å². The third-order valence-corrected chi connectivity index (χ3v) is 3.69. The van der Waals surface area contributed by atoms with Crippen LogP contribution in [0.25, 0.3) is 0 Å². The lowest BCUT2D eigenvalue weighted by atomic mass is 10.00. The molecule has 2 fully saturated rings. The van der Waals surface area contributed by atoms with E-state index in [9.17, 15) is 0 Å². The molecular weight excluding hydrogens is 320 g/mol. The SMILES string of the molecule is CC1OC(O)C(O)C(O)C1O.OCC1OC(O)C(O)C(O)C1O. The maximum absolute atomic E-state index is 9.12. The van der Waals surface area contributed by atoms with Crippen LogP contribution < -0.4 is 0 Å². The molecule has 0 aromatic carbocycles. The van der Waals surface area contributed by atoms with Crippen molar-refractivity contribution in [3.8, 4) is 0 Å². The Morgan fingerprint density at radius 2 is 1.04 bits per heavy atom. The van der Waals surface area contributed by atoms with E-state index in [4.69, 9.17) is 46.0 Å². The van der Waals surface area contributed by atoms with E-state index in [1.54, 1.807) is 0 Å². The molecule has 2 heterocycles. The Labute approximate surface area is 131 Å². The highest BCUT2D eigenvalue weighted by atomic mass is 16.6. The van der Waals surface area contributed by atoms with E-state index in [-0.39, 0.29) is 0 Å². The molecule has 2 rings (SSSR count). The summed E-state index contributed by atoms with van der Waals surface area (Å²) in [7, 11) is 0. The third-order valence-electron chi connectivity index (χ3n) is 3.69. The fraction of sp³-hybridized carbons (Fsp3) is 1.00. The van der Waals surface area contributed by atoms with Crippen LogP contribution in [-0.4, -0.2) is 114 Å². The van der Waals surface area contributed by atoms with E-state index in [1.807, 2.05) is 0 Å². The molecule has 11 heteroatoms. The molecule has 138 valence electrons. The molecule has 2 saturated heterocycles. The lowest BCUT2D eigenvalue weighted by Crippen LogP contribution is -2.58. The first-order valence-electron chi connectivity index (χ1n) is 6.98. The van der Waals surface area contributed by atoms with Crippen LogP contribution in [0.4, 0.5) is 0 Å². The summed E-state index contributed by atoms with van der Waals surface area (Å²) >= 11 is 0. The first-order chi connectivity index (χ1) is 10.6. The Hall–Kier alpha value is -0.440. The van der Waals surface area contributed by atoms with Crippen molar-refractivity contribution in [3.05, 3.63) is 0 Å². The summed E-state index contributed by atoms with van der Waals surface area (Å²) in [5.74, 6) is 0. The van der Waals surface area contributed by atoms with Gasteiger partial charge in [-0.25, -0.2) is 0 Å². The zero-order chi connectivity index (χ0) is 17.9. The summed E-state index contributed by atoms with van der Waals surface area (Å²) < 4.78 is 9.25. The zero-order valence-electron chi connectivity index (χ0n) is 12.3. The molecular formula is C12H24O11. The van der Waals surface area contributed by atoms with Gasteiger partial charge in [-0.05, 0) is 6.92 Å². The molecule has 10 unspecified atom stereocenters. The molecule has 0 saturated carbocycles. The van der Waals surface area contributed by atoms with Crippen molar-refractivity contribution in [1.29, 1.82) is 0 Å². The average Bonchev–Trinajstić information content (AvgIpc) is 2.53. The molecule has 11 nitrogen and oxygen atoms in total. The molecule has 23 heavy (non-hydrogen) atoms. The van der Waals surface area contributed by atoms with Gasteiger partial charge >= 0.3 is 0 Å². The van der Waals surface area contributed by atoms with Gasteiger partial charge in [0.2, 0.25) is 0 Å². The quantitative estimate of drug-likeness (QED) is 0.220. The fourth-order valence-electron chi connectivity index (χ4n) is 2.11. The summed E-state index contributed by atoms with van der Waals surface area (Å²) in [6.07, 6.45) is -13.0. The molecule has 10 atom stereocenters. The minimum atomic E-state index is -1.57. The highest BCUT2D eigenvalue weighted by Crippen LogP contribution is 2.19. The second-order valence-corrected chi connectivity index (χ2v) is 5.42. The van der Waals surface area contributed by atoms with Gasteiger partial charge < -0.3 is 55.4 Å². The normalized spacial score (nSPS) is 50.9. The highest BCUT2D eigenvalue weighted by Gasteiger charge is 2.42. The molecule has 2 aliphatic heterocycles. The Balaban J connectivity index is 0.000000231. The Kier molecular flexibility index (Phi) is 7.70. The van der Waals surface area contributed by atoms with E-state index in [2.05, 4.69) is 9.47 Å². The van der Waals surface area contributed by atoms with Gasteiger partial charge in [0.15, 0.2) is 12.6 Å². The smallest absolute Gasteiger partial charge is 0.184 e. The van der Waals surface area contributed by atoms with Crippen LogP contribution in [0.1, 0.15) is 6.92 Å². The van der Waals surface area contributed by atoms with Crippen molar-refractivity contribution >= 4 is 0 Å². The lowest BCUT2D eigenvalue weighted by molar-refractivity contribution is -0.286. The number of aliphatic hydroxyl groups excluding tert-OH is 9. The molecule has 9 N–H and O–H groups in total. The topological polar surface area (TPSA) is 201 Å². The molecule has 0 radical (unpaired) electrons. The van der Waals surface area contributed by atoms with Crippen LogP contribution in [0, 0.1) is 0 Å². The fourth-order valence-corrected chi connectivity index (χ4v) is 2.11. The molecule has 0 bridgehead atoms. The summed E-state index contributed by atoms with van der Waals surface area (Å²) in [6.45, 7) is 0.977. The van der Waals surface area contributed by atoms with Gasteiger partial charge in [-0.2, -0.15) is 0 Å². The van der Waals surface area contributed by atoms with E-state index < -0.39 is 68.0 Å². The predicted octanol–water partition coefficient (Wildman–Crippen LogP) is -5.42. The van der Waals surface area contributed by atoms with E-state index in [0.29, 0.717) is 0 Å². The number of hydrogen-bond acceptors (Lipinski definition) is 11. The van der Waals surface area contributed by atoms with Crippen LogP contribution in [0.15, 0.2) is 0 Å². The van der Waals surface area contributed by atoms with Gasteiger partial charge in [0.05, 0.1) is 12.7 Å². The number of aliphatic hydroxyl groups is 9. The molecule has 0 amide bonds.